The SMILES string of the molecule is C[C@@H]1c2nnc(-c3nc(C4CC4)cs3)n2CCN1C(=O)c1ccc(Cl)c(F)c1. The molecule has 2 aromatic heterocycles. The van der Waals surface area contributed by atoms with E-state index in [0.717, 1.165) is 16.5 Å². The van der Waals surface area contributed by atoms with Gasteiger partial charge in [-0.15, -0.1) is 21.5 Å². The predicted octanol–water partition coefficient (Wildman–Crippen LogP) is 4.29. The van der Waals surface area contributed by atoms with Gasteiger partial charge in [0.2, 0.25) is 0 Å². The van der Waals surface area contributed by atoms with Crippen molar-refractivity contribution in [1.82, 2.24) is 24.6 Å². The van der Waals surface area contributed by atoms with Gasteiger partial charge in [0.25, 0.3) is 5.91 Å². The molecule has 1 aromatic carbocycles. The van der Waals surface area contributed by atoms with Gasteiger partial charge >= 0.3 is 0 Å². The highest BCUT2D eigenvalue weighted by Crippen LogP contribution is 2.41. The molecule has 28 heavy (non-hydrogen) atoms. The van der Waals surface area contributed by atoms with E-state index in [9.17, 15) is 9.18 Å². The Morgan fingerprint density at radius 3 is 2.86 bits per heavy atom. The third kappa shape index (κ3) is 2.91. The van der Waals surface area contributed by atoms with Gasteiger partial charge < -0.3 is 9.47 Å². The summed E-state index contributed by atoms with van der Waals surface area (Å²) in [6.45, 7) is 2.97. The highest BCUT2D eigenvalue weighted by Gasteiger charge is 2.33. The van der Waals surface area contributed by atoms with Crippen molar-refractivity contribution in [2.45, 2.75) is 38.3 Å². The van der Waals surface area contributed by atoms with Crippen molar-refractivity contribution >= 4 is 28.8 Å². The van der Waals surface area contributed by atoms with Gasteiger partial charge in [0.1, 0.15) is 5.82 Å². The summed E-state index contributed by atoms with van der Waals surface area (Å²) < 4.78 is 15.8. The maximum Gasteiger partial charge on any atom is 0.254 e. The third-order valence-electron chi connectivity index (χ3n) is 5.32. The molecule has 5 rings (SSSR count). The number of fused-ring (bicyclic) bond motifs is 1. The Morgan fingerprint density at radius 2 is 2.11 bits per heavy atom. The second-order valence-electron chi connectivity index (χ2n) is 7.19. The number of carbonyl (C=O) groups is 1. The van der Waals surface area contributed by atoms with Crippen molar-refractivity contribution in [1.29, 1.82) is 0 Å². The van der Waals surface area contributed by atoms with Gasteiger partial charge in [0.05, 0.1) is 16.8 Å². The van der Waals surface area contributed by atoms with E-state index < -0.39 is 5.82 Å². The topological polar surface area (TPSA) is 63.9 Å². The fourth-order valence-electron chi connectivity index (χ4n) is 3.57. The molecule has 1 aliphatic carbocycles. The minimum absolute atomic E-state index is 0.00152. The Balaban J connectivity index is 1.42. The van der Waals surface area contributed by atoms with Crippen LogP contribution in [0.2, 0.25) is 5.02 Å². The molecule has 6 nitrogen and oxygen atoms in total. The van der Waals surface area contributed by atoms with Crippen LogP contribution in [0.5, 0.6) is 0 Å². The Bertz CT molecular complexity index is 1080. The molecule has 2 aliphatic rings. The molecule has 0 bridgehead atoms. The molecule has 1 aliphatic heterocycles. The number of hydrogen-bond donors (Lipinski definition) is 0. The van der Waals surface area contributed by atoms with Crippen LogP contribution >= 0.6 is 22.9 Å². The number of hydrogen-bond acceptors (Lipinski definition) is 5. The van der Waals surface area contributed by atoms with Gasteiger partial charge in [-0.2, -0.15) is 0 Å². The molecule has 1 fully saturated rings. The monoisotopic (exact) mass is 417 g/mol. The average Bonchev–Trinajstić information content (AvgIpc) is 3.25. The van der Waals surface area contributed by atoms with Gasteiger partial charge in [-0.1, -0.05) is 11.6 Å². The fourth-order valence-corrected chi connectivity index (χ4v) is 4.58. The molecular formula is C19H17ClFN5OS. The van der Waals surface area contributed by atoms with Gasteiger partial charge in [0.15, 0.2) is 16.7 Å². The second-order valence-corrected chi connectivity index (χ2v) is 8.45. The number of carbonyl (C=O) groups excluding carboxylic acids is 1. The zero-order valence-electron chi connectivity index (χ0n) is 15.1. The van der Waals surface area contributed by atoms with E-state index in [0.29, 0.717) is 24.8 Å². The number of thiazole rings is 1. The normalized spacial score (nSPS) is 19.0. The lowest BCUT2D eigenvalue weighted by molar-refractivity contribution is 0.0638. The summed E-state index contributed by atoms with van der Waals surface area (Å²) in [4.78, 5) is 19.3. The number of rotatable bonds is 3. The zero-order chi connectivity index (χ0) is 19.4. The zero-order valence-corrected chi connectivity index (χ0v) is 16.7. The highest BCUT2D eigenvalue weighted by atomic mass is 35.5. The van der Waals surface area contributed by atoms with Crippen LogP contribution in [0.25, 0.3) is 10.8 Å². The smallest absolute Gasteiger partial charge is 0.254 e. The molecule has 1 amide bonds. The molecule has 0 N–H and O–H groups in total. The minimum atomic E-state index is -0.599. The summed E-state index contributed by atoms with van der Waals surface area (Å²) in [6, 6.07) is 3.85. The summed E-state index contributed by atoms with van der Waals surface area (Å²) in [6.07, 6.45) is 2.42. The molecule has 3 aromatic rings. The van der Waals surface area contributed by atoms with Crippen molar-refractivity contribution in [2.24, 2.45) is 0 Å². The molecule has 0 radical (unpaired) electrons. The largest absolute Gasteiger partial charge is 0.327 e. The first-order valence-electron chi connectivity index (χ1n) is 9.18. The van der Waals surface area contributed by atoms with Crippen LogP contribution in [0.3, 0.4) is 0 Å². The number of halogens is 2. The van der Waals surface area contributed by atoms with Gasteiger partial charge in [-0.05, 0) is 38.0 Å². The number of nitrogens with zero attached hydrogens (tertiary/aromatic N) is 5. The van der Waals surface area contributed by atoms with Crippen molar-refractivity contribution in [2.75, 3.05) is 6.54 Å². The number of amides is 1. The molecule has 1 saturated carbocycles. The van der Waals surface area contributed by atoms with Crippen molar-refractivity contribution in [3.63, 3.8) is 0 Å². The number of benzene rings is 1. The Morgan fingerprint density at radius 1 is 1.29 bits per heavy atom. The van der Waals surface area contributed by atoms with Crippen molar-refractivity contribution in [3.05, 3.63) is 51.5 Å². The van der Waals surface area contributed by atoms with Crippen LogP contribution in [-0.4, -0.2) is 37.1 Å². The van der Waals surface area contributed by atoms with Crippen molar-refractivity contribution in [3.8, 4) is 10.8 Å². The van der Waals surface area contributed by atoms with Crippen LogP contribution in [0, 0.1) is 5.82 Å². The second kappa shape index (κ2) is 6.63. The first-order valence-corrected chi connectivity index (χ1v) is 10.4. The van der Waals surface area contributed by atoms with Gasteiger partial charge in [-0.3, -0.25) is 4.79 Å². The van der Waals surface area contributed by atoms with Gasteiger partial charge in [0, 0.05) is 30.0 Å². The minimum Gasteiger partial charge on any atom is -0.327 e. The van der Waals surface area contributed by atoms with Gasteiger partial charge in [-0.25, -0.2) is 9.37 Å². The Labute approximate surface area is 170 Å². The Kier molecular flexibility index (Phi) is 4.21. The third-order valence-corrected chi connectivity index (χ3v) is 6.48. The lowest BCUT2D eigenvalue weighted by Crippen LogP contribution is -2.41. The highest BCUT2D eigenvalue weighted by molar-refractivity contribution is 7.13. The molecule has 3 heterocycles. The summed E-state index contributed by atoms with van der Waals surface area (Å²) in [5.74, 6) is 1.22. The van der Waals surface area contributed by atoms with E-state index in [1.165, 1.54) is 25.0 Å². The van der Waals surface area contributed by atoms with E-state index in [4.69, 9.17) is 16.6 Å². The molecule has 0 spiro atoms. The van der Waals surface area contributed by atoms with E-state index >= 15 is 0 Å². The molecule has 144 valence electrons. The molecular weight excluding hydrogens is 401 g/mol. The van der Waals surface area contributed by atoms with E-state index in [1.54, 1.807) is 22.3 Å². The van der Waals surface area contributed by atoms with Crippen LogP contribution in [0.1, 0.15) is 53.6 Å². The van der Waals surface area contributed by atoms with E-state index in [2.05, 4.69) is 15.6 Å². The maximum absolute atomic E-state index is 13.8. The average molecular weight is 418 g/mol. The van der Waals surface area contributed by atoms with E-state index in [1.807, 2.05) is 11.5 Å². The van der Waals surface area contributed by atoms with E-state index in [-0.39, 0.29) is 22.5 Å². The Hall–Kier alpha value is -2.32. The lowest BCUT2D eigenvalue weighted by atomic mass is 10.1. The quantitative estimate of drug-likeness (QED) is 0.637. The summed E-state index contributed by atoms with van der Waals surface area (Å²) in [7, 11) is 0. The summed E-state index contributed by atoms with van der Waals surface area (Å²) in [5.41, 5.74) is 1.42. The molecule has 1 atom stereocenters. The lowest BCUT2D eigenvalue weighted by Gasteiger charge is -2.33. The van der Waals surface area contributed by atoms with Crippen LogP contribution in [-0.2, 0) is 6.54 Å². The maximum atomic E-state index is 13.8. The first-order chi connectivity index (χ1) is 13.5. The summed E-state index contributed by atoms with van der Waals surface area (Å²) in [5, 5.41) is 11.7. The molecule has 9 heteroatoms. The standard InChI is InChI=1S/C19H17ClFN5OS/c1-10-16-23-24-17(18-22-15(9-28-18)11-2-3-11)26(16)7-6-25(10)19(27)12-4-5-13(20)14(21)8-12/h4-5,8-11H,2-3,6-7H2,1H3/t10-/m1/s1. The van der Waals surface area contributed by atoms with Crippen LogP contribution in [0.4, 0.5) is 4.39 Å². The predicted molar refractivity (Wildman–Crippen MR) is 104 cm³/mol. The summed E-state index contributed by atoms with van der Waals surface area (Å²) >= 11 is 7.31. The molecule has 0 saturated heterocycles. The van der Waals surface area contributed by atoms with Crippen LogP contribution < -0.4 is 0 Å². The molecule has 0 unspecified atom stereocenters. The van der Waals surface area contributed by atoms with Crippen LogP contribution in [0.15, 0.2) is 23.6 Å². The van der Waals surface area contributed by atoms with Crippen molar-refractivity contribution < 1.29 is 9.18 Å². The first kappa shape index (κ1) is 17.8. The fraction of sp³-hybridized carbons (Fsp3) is 0.368. The number of aromatic nitrogens is 4.